The number of rotatable bonds is 7. The number of para-hydroxylation sites is 2. The molecule has 2 aromatic rings. The van der Waals surface area contributed by atoms with Gasteiger partial charge in [-0.1, -0.05) is 29.8 Å². The maximum Gasteiger partial charge on any atom is 0.310 e. The summed E-state index contributed by atoms with van der Waals surface area (Å²) in [7, 11) is 0. The van der Waals surface area contributed by atoms with Gasteiger partial charge < -0.3 is 10.1 Å². The summed E-state index contributed by atoms with van der Waals surface area (Å²) in [6.45, 7) is 2.22. The molecule has 0 atom stereocenters. The van der Waals surface area contributed by atoms with Crippen molar-refractivity contribution < 1.29 is 14.5 Å². The van der Waals surface area contributed by atoms with Crippen molar-refractivity contribution in [2.45, 2.75) is 19.8 Å². The molecule has 0 aliphatic carbocycles. The lowest BCUT2D eigenvalue weighted by Gasteiger charge is -2.07. The number of nitro groups is 1. The molecule has 2 rings (SSSR count). The van der Waals surface area contributed by atoms with Crippen molar-refractivity contribution in [3.63, 3.8) is 0 Å². The Morgan fingerprint density at radius 3 is 2.57 bits per heavy atom. The normalized spacial score (nSPS) is 10.1. The predicted molar refractivity (Wildman–Crippen MR) is 87.6 cm³/mol. The molecule has 0 aliphatic heterocycles. The van der Waals surface area contributed by atoms with E-state index in [2.05, 4.69) is 5.32 Å². The van der Waals surface area contributed by atoms with Crippen molar-refractivity contribution >= 4 is 17.3 Å². The van der Waals surface area contributed by atoms with Gasteiger partial charge in [-0.25, -0.2) is 0 Å². The summed E-state index contributed by atoms with van der Waals surface area (Å²) in [4.78, 5) is 22.2. The highest BCUT2D eigenvalue weighted by atomic mass is 16.6. The van der Waals surface area contributed by atoms with Crippen molar-refractivity contribution in [2.24, 2.45) is 0 Å². The summed E-state index contributed by atoms with van der Waals surface area (Å²) in [5, 5.41) is 13.6. The summed E-state index contributed by atoms with van der Waals surface area (Å²) >= 11 is 0. The number of ether oxygens (including phenoxy) is 1. The second kappa shape index (κ2) is 7.93. The molecule has 1 N–H and O–H groups in total. The first-order chi connectivity index (χ1) is 11.1. The van der Waals surface area contributed by atoms with E-state index in [1.54, 1.807) is 18.2 Å². The van der Waals surface area contributed by atoms with Gasteiger partial charge in [-0.3, -0.25) is 14.9 Å². The van der Waals surface area contributed by atoms with Crippen LogP contribution < -0.4 is 10.1 Å². The van der Waals surface area contributed by atoms with E-state index in [9.17, 15) is 14.9 Å². The third-order valence-corrected chi connectivity index (χ3v) is 3.20. The van der Waals surface area contributed by atoms with Crippen LogP contribution >= 0.6 is 0 Å². The van der Waals surface area contributed by atoms with E-state index < -0.39 is 4.92 Å². The van der Waals surface area contributed by atoms with Gasteiger partial charge in [0, 0.05) is 18.2 Å². The fourth-order valence-electron chi connectivity index (χ4n) is 2.01. The summed E-state index contributed by atoms with van der Waals surface area (Å²) in [5.41, 5.74) is 1.80. The average molecular weight is 314 g/mol. The second-order valence-corrected chi connectivity index (χ2v) is 5.09. The first-order valence-corrected chi connectivity index (χ1v) is 7.29. The van der Waals surface area contributed by atoms with E-state index in [1.165, 1.54) is 6.07 Å². The van der Waals surface area contributed by atoms with E-state index in [0.29, 0.717) is 6.42 Å². The summed E-state index contributed by atoms with van der Waals surface area (Å²) in [6.07, 6.45) is 0.762. The van der Waals surface area contributed by atoms with Gasteiger partial charge in [0.15, 0.2) is 5.75 Å². The molecule has 0 aliphatic rings. The molecule has 6 nitrogen and oxygen atoms in total. The van der Waals surface area contributed by atoms with Crippen LogP contribution in [-0.4, -0.2) is 17.4 Å². The van der Waals surface area contributed by atoms with Crippen molar-refractivity contribution in [3.05, 3.63) is 64.2 Å². The first-order valence-electron chi connectivity index (χ1n) is 7.29. The third kappa shape index (κ3) is 5.10. The highest BCUT2D eigenvalue weighted by molar-refractivity contribution is 5.90. The van der Waals surface area contributed by atoms with Crippen LogP contribution in [-0.2, 0) is 4.79 Å². The maximum atomic E-state index is 11.8. The Kier molecular flexibility index (Phi) is 5.68. The molecule has 0 spiro atoms. The van der Waals surface area contributed by atoms with Crippen molar-refractivity contribution in [1.82, 2.24) is 0 Å². The van der Waals surface area contributed by atoms with Crippen LogP contribution in [0.25, 0.3) is 0 Å². The number of nitrogens with zero attached hydrogens (tertiary/aromatic N) is 1. The van der Waals surface area contributed by atoms with Crippen LogP contribution in [0.15, 0.2) is 48.5 Å². The van der Waals surface area contributed by atoms with Crippen molar-refractivity contribution in [2.75, 3.05) is 11.9 Å². The largest absolute Gasteiger partial charge is 0.487 e. The number of hydrogen-bond donors (Lipinski definition) is 1. The maximum absolute atomic E-state index is 11.8. The molecule has 0 saturated heterocycles. The van der Waals surface area contributed by atoms with E-state index in [1.807, 2.05) is 31.2 Å². The average Bonchev–Trinajstić information content (AvgIpc) is 2.54. The molecule has 0 unspecified atom stereocenters. The molecule has 0 aromatic heterocycles. The Hall–Kier alpha value is -2.89. The van der Waals surface area contributed by atoms with Gasteiger partial charge in [0.2, 0.25) is 5.91 Å². The van der Waals surface area contributed by atoms with E-state index in [0.717, 1.165) is 11.3 Å². The Morgan fingerprint density at radius 1 is 1.17 bits per heavy atom. The smallest absolute Gasteiger partial charge is 0.310 e. The van der Waals surface area contributed by atoms with Gasteiger partial charge in [-0.05, 0) is 31.5 Å². The summed E-state index contributed by atoms with van der Waals surface area (Å²) in [6, 6.07) is 13.7. The van der Waals surface area contributed by atoms with Crippen LogP contribution in [0.2, 0.25) is 0 Å². The number of anilines is 1. The number of amides is 1. The molecule has 0 saturated carbocycles. The molecule has 6 heteroatoms. The third-order valence-electron chi connectivity index (χ3n) is 3.20. The number of nitro benzene ring substituents is 1. The molecule has 0 radical (unpaired) electrons. The molecule has 0 heterocycles. The van der Waals surface area contributed by atoms with Gasteiger partial charge in [-0.2, -0.15) is 0 Å². The van der Waals surface area contributed by atoms with Crippen LogP contribution in [0.3, 0.4) is 0 Å². The Labute approximate surface area is 134 Å². The zero-order chi connectivity index (χ0) is 16.7. The van der Waals surface area contributed by atoms with Crippen LogP contribution in [0, 0.1) is 17.0 Å². The minimum Gasteiger partial charge on any atom is -0.487 e. The van der Waals surface area contributed by atoms with Gasteiger partial charge in [0.25, 0.3) is 0 Å². The number of aryl methyl sites for hydroxylation is 1. The minimum atomic E-state index is -0.487. The van der Waals surface area contributed by atoms with Gasteiger partial charge in [0.05, 0.1) is 11.5 Å². The molecule has 120 valence electrons. The molecular formula is C17H18N2O4. The topological polar surface area (TPSA) is 81.5 Å². The number of nitrogens with one attached hydrogen (secondary N) is 1. The van der Waals surface area contributed by atoms with E-state index in [4.69, 9.17) is 4.74 Å². The zero-order valence-corrected chi connectivity index (χ0v) is 12.8. The molecule has 2 aromatic carbocycles. The zero-order valence-electron chi connectivity index (χ0n) is 12.8. The Morgan fingerprint density at radius 2 is 1.87 bits per heavy atom. The lowest BCUT2D eigenvalue weighted by Crippen LogP contribution is -2.12. The SMILES string of the molecule is Cc1ccc(NC(=O)CCCOc2ccccc2[N+](=O)[O-])cc1. The van der Waals surface area contributed by atoms with Gasteiger partial charge in [0.1, 0.15) is 0 Å². The molecule has 0 fully saturated rings. The van der Waals surface area contributed by atoms with Gasteiger partial charge in [-0.15, -0.1) is 0 Å². The number of benzene rings is 2. The van der Waals surface area contributed by atoms with E-state index >= 15 is 0 Å². The molecular weight excluding hydrogens is 296 g/mol. The molecule has 23 heavy (non-hydrogen) atoms. The standard InChI is InChI=1S/C17H18N2O4/c1-13-8-10-14(11-9-13)18-17(20)7-4-12-23-16-6-3-2-5-15(16)19(21)22/h2-3,5-6,8-11H,4,7,12H2,1H3,(H,18,20). The summed E-state index contributed by atoms with van der Waals surface area (Å²) < 4.78 is 5.39. The lowest BCUT2D eigenvalue weighted by atomic mass is 10.2. The van der Waals surface area contributed by atoms with E-state index in [-0.39, 0.29) is 30.4 Å². The van der Waals surface area contributed by atoms with Crippen molar-refractivity contribution in [3.8, 4) is 5.75 Å². The highest BCUT2D eigenvalue weighted by Gasteiger charge is 2.13. The number of carbonyl (C=O) groups is 1. The predicted octanol–water partition coefficient (Wildman–Crippen LogP) is 3.70. The molecule has 0 bridgehead atoms. The van der Waals surface area contributed by atoms with Crippen LogP contribution in [0.4, 0.5) is 11.4 Å². The minimum absolute atomic E-state index is 0.0726. The Bertz CT molecular complexity index is 683. The monoisotopic (exact) mass is 314 g/mol. The first kappa shape index (κ1) is 16.5. The number of carbonyl (C=O) groups excluding carboxylic acids is 1. The van der Waals surface area contributed by atoms with Crippen LogP contribution in [0.5, 0.6) is 5.75 Å². The quantitative estimate of drug-likeness (QED) is 0.480. The summed E-state index contributed by atoms with van der Waals surface area (Å²) in [5.74, 6) is 0.108. The molecule has 1 amide bonds. The highest BCUT2D eigenvalue weighted by Crippen LogP contribution is 2.25. The number of hydrogen-bond acceptors (Lipinski definition) is 4. The fraction of sp³-hybridized carbons (Fsp3) is 0.235. The second-order valence-electron chi connectivity index (χ2n) is 5.09. The fourth-order valence-corrected chi connectivity index (χ4v) is 2.01. The van der Waals surface area contributed by atoms with Crippen LogP contribution in [0.1, 0.15) is 18.4 Å². The van der Waals surface area contributed by atoms with Crippen molar-refractivity contribution in [1.29, 1.82) is 0 Å². The van der Waals surface area contributed by atoms with Gasteiger partial charge >= 0.3 is 5.69 Å². The Balaban J connectivity index is 1.76. The lowest BCUT2D eigenvalue weighted by molar-refractivity contribution is -0.385.